The molecule has 0 unspecified atom stereocenters. The average Bonchev–Trinajstić information content (AvgIpc) is 3.12. The van der Waals surface area contributed by atoms with Gasteiger partial charge < -0.3 is 20.4 Å². The number of rotatable bonds is 9. The van der Waals surface area contributed by atoms with Crippen LogP contribution in [0.15, 0.2) is 72.6 Å². The molecule has 16 nitrogen and oxygen atoms in total. The zero-order valence-electron chi connectivity index (χ0n) is 35.3. The molecule has 1 aliphatic heterocycles. The molecule has 2 aliphatic rings. The van der Waals surface area contributed by atoms with Crippen molar-refractivity contribution in [1.82, 2.24) is 0 Å². The number of benzene rings is 5. The van der Waals surface area contributed by atoms with Gasteiger partial charge in [-0.25, -0.2) is 4.99 Å². The Morgan fingerprint density at radius 1 is 0.613 bits per heavy atom. The lowest BCUT2D eigenvalue weighted by molar-refractivity contribution is -0.115. The zero-order valence-corrected chi connectivity index (χ0v) is 37.8. The highest BCUT2D eigenvalue weighted by Crippen LogP contribution is 2.46. The van der Waals surface area contributed by atoms with Crippen molar-refractivity contribution in [3.8, 4) is 22.5 Å². The van der Waals surface area contributed by atoms with Gasteiger partial charge in [0, 0.05) is 65.1 Å². The molecular formula is C43H44N4O12S3. The van der Waals surface area contributed by atoms with Crippen molar-refractivity contribution in [2.75, 3.05) is 16.0 Å². The monoisotopic (exact) mass is 904 g/mol. The standard InChI is InChI=1S/C43H44N4O12S3/c1-19-13-32(43(62(56,57)58)34(14-19)44-27(9)48)38-30-12-11-29(46-40-21(3)15-20(2)39(25(40)7)45-28(10)49)16-35(30)59-36-18-33(37(17-31(36)38)60(50,51)52)47-41-23(5)22(4)24(6)42(26(41)8)61(53,54)55/h11-18,46H,1-10H3,(H,44,48)(H,45,49)(H,50,51,52)(H,53,54,55)(H,56,57,58)/b47-33+. The van der Waals surface area contributed by atoms with Crippen LogP contribution in [0.5, 0.6) is 0 Å². The van der Waals surface area contributed by atoms with E-state index in [-0.39, 0.29) is 61.8 Å². The van der Waals surface area contributed by atoms with Crippen molar-refractivity contribution in [3.63, 3.8) is 0 Å². The number of nitrogens with one attached hydrogen (secondary N) is 3. The Labute approximate surface area is 358 Å². The summed E-state index contributed by atoms with van der Waals surface area (Å²) in [6.07, 6.45) is 0. The SMILES string of the molecule is CC(=O)Nc1cc(C)cc(-c2c3cc(S(=O)(=O)O)/c(=N/c4c(C)c(C)c(C)c(S(=O)(=O)O)c4C)cc-3oc3cc(Nc4c(C)cc(C)c(NC(C)=O)c4C)ccc23)c1S(=O)(=O)O. The van der Waals surface area contributed by atoms with Crippen molar-refractivity contribution in [2.45, 2.75) is 83.9 Å². The number of anilines is 4. The molecule has 6 rings (SSSR count). The molecule has 1 heterocycles. The van der Waals surface area contributed by atoms with Gasteiger partial charge in [0.1, 0.15) is 26.0 Å². The van der Waals surface area contributed by atoms with Gasteiger partial charge in [-0.3, -0.25) is 23.2 Å². The van der Waals surface area contributed by atoms with Gasteiger partial charge in [-0.1, -0.05) is 6.07 Å². The highest BCUT2D eigenvalue weighted by Gasteiger charge is 2.30. The van der Waals surface area contributed by atoms with Gasteiger partial charge >= 0.3 is 0 Å². The molecule has 0 radical (unpaired) electrons. The molecule has 0 fully saturated rings. The minimum Gasteiger partial charge on any atom is -0.456 e. The molecule has 0 saturated heterocycles. The fraction of sp³-hybridized carbons (Fsp3) is 0.233. The van der Waals surface area contributed by atoms with Crippen LogP contribution in [-0.2, 0) is 39.9 Å². The van der Waals surface area contributed by atoms with Gasteiger partial charge in [-0.2, -0.15) is 25.3 Å². The number of carbonyl (C=O) groups is 2. The van der Waals surface area contributed by atoms with E-state index in [2.05, 4.69) is 20.9 Å². The molecule has 0 atom stereocenters. The number of hydrogen-bond acceptors (Lipinski definition) is 11. The molecule has 2 amide bonds. The summed E-state index contributed by atoms with van der Waals surface area (Å²) >= 11 is 0. The van der Waals surface area contributed by atoms with E-state index in [1.807, 2.05) is 26.8 Å². The van der Waals surface area contributed by atoms with Gasteiger partial charge in [-0.15, -0.1) is 0 Å². The maximum Gasteiger partial charge on any atom is 0.297 e. The fourth-order valence-electron chi connectivity index (χ4n) is 7.95. The van der Waals surface area contributed by atoms with Crippen LogP contribution in [0, 0.1) is 55.4 Å². The molecule has 0 spiro atoms. The molecule has 4 aromatic carbocycles. The molecule has 0 saturated carbocycles. The molecule has 62 heavy (non-hydrogen) atoms. The zero-order chi connectivity index (χ0) is 46.1. The maximum absolute atomic E-state index is 13.3. The molecule has 0 bridgehead atoms. The number of amides is 2. The van der Waals surface area contributed by atoms with E-state index in [1.165, 1.54) is 39.0 Å². The predicted molar refractivity (Wildman–Crippen MR) is 236 cm³/mol. The first kappa shape index (κ1) is 45.6. The molecule has 0 aromatic heterocycles. The summed E-state index contributed by atoms with van der Waals surface area (Å²) in [5.41, 5.74) is 5.26. The molecule has 326 valence electrons. The topological polar surface area (TPSA) is 259 Å². The average molecular weight is 905 g/mol. The Balaban J connectivity index is 1.80. The number of nitrogens with zero attached hydrogens (tertiary/aromatic N) is 1. The Kier molecular flexibility index (Phi) is 11.8. The first-order valence-corrected chi connectivity index (χ1v) is 23.1. The van der Waals surface area contributed by atoms with Gasteiger partial charge in [0.2, 0.25) is 11.8 Å². The molecule has 4 aromatic rings. The predicted octanol–water partition coefficient (Wildman–Crippen LogP) is 8.30. The smallest absolute Gasteiger partial charge is 0.297 e. The summed E-state index contributed by atoms with van der Waals surface area (Å²) in [6, 6.07) is 11.7. The van der Waals surface area contributed by atoms with Crippen LogP contribution in [0.4, 0.5) is 28.4 Å². The third-order valence-corrected chi connectivity index (χ3v) is 13.7. The quantitative estimate of drug-likeness (QED) is 0.0590. The van der Waals surface area contributed by atoms with E-state index in [1.54, 1.807) is 39.0 Å². The van der Waals surface area contributed by atoms with E-state index in [0.29, 0.717) is 33.8 Å². The van der Waals surface area contributed by atoms with E-state index < -0.39 is 56.3 Å². The van der Waals surface area contributed by atoms with E-state index in [4.69, 9.17) is 4.42 Å². The second-order valence-electron chi connectivity index (χ2n) is 15.3. The van der Waals surface area contributed by atoms with Crippen molar-refractivity contribution in [1.29, 1.82) is 0 Å². The largest absolute Gasteiger partial charge is 0.456 e. The van der Waals surface area contributed by atoms with Crippen LogP contribution in [-0.4, -0.2) is 50.7 Å². The summed E-state index contributed by atoms with van der Waals surface area (Å²) in [7, 11) is -15.1. The van der Waals surface area contributed by atoms with Crippen LogP contribution in [0.1, 0.15) is 58.4 Å². The summed E-state index contributed by atoms with van der Waals surface area (Å²) in [6.45, 7) is 15.9. The number of carbonyl (C=O) groups excluding carboxylic acids is 2. The Hall–Kier alpha value is -5.96. The first-order valence-electron chi connectivity index (χ1n) is 18.8. The van der Waals surface area contributed by atoms with Crippen LogP contribution >= 0.6 is 0 Å². The summed E-state index contributed by atoms with van der Waals surface area (Å²) in [4.78, 5) is 27.0. The fourth-order valence-corrected chi connectivity index (χ4v) is 10.4. The van der Waals surface area contributed by atoms with Gasteiger partial charge in [0.15, 0.2) is 0 Å². The van der Waals surface area contributed by atoms with E-state index in [9.17, 15) is 48.5 Å². The molecule has 6 N–H and O–H groups in total. The lowest BCUT2D eigenvalue weighted by Gasteiger charge is -2.22. The molecule has 19 heteroatoms. The van der Waals surface area contributed by atoms with Crippen LogP contribution in [0.2, 0.25) is 0 Å². The third-order valence-electron chi connectivity index (χ3n) is 10.7. The minimum absolute atomic E-state index is 0.00671. The second-order valence-corrected chi connectivity index (χ2v) is 19.4. The van der Waals surface area contributed by atoms with Crippen molar-refractivity contribution in [3.05, 3.63) is 98.4 Å². The van der Waals surface area contributed by atoms with Gasteiger partial charge in [-0.05, 0) is 130 Å². The second kappa shape index (κ2) is 16.1. The van der Waals surface area contributed by atoms with Gasteiger partial charge in [0.25, 0.3) is 30.4 Å². The van der Waals surface area contributed by atoms with Crippen LogP contribution in [0.25, 0.3) is 33.4 Å². The number of hydrogen-bond donors (Lipinski definition) is 6. The molecular weight excluding hydrogens is 861 g/mol. The Bertz CT molecular complexity index is 3340. The van der Waals surface area contributed by atoms with Crippen molar-refractivity contribution >= 4 is 81.6 Å². The summed E-state index contributed by atoms with van der Waals surface area (Å²) in [5.74, 6) is -1.02. The maximum atomic E-state index is 13.3. The number of fused-ring (bicyclic) bond motifs is 2. The number of aryl methyl sites for hydroxylation is 3. The highest BCUT2D eigenvalue weighted by molar-refractivity contribution is 7.86. The van der Waals surface area contributed by atoms with E-state index >= 15 is 0 Å². The lowest BCUT2D eigenvalue weighted by Crippen LogP contribution is -2.17. The highest BCUT2D eigenvalue weighted by atomic mass is 32.2. The van der Waals surface area contributed by atoms with E-state index in [0.717, 1.165) is 29.7 Å². The van der Waals surface area contributed by atoms with Crippen LogP contribution in [0.3, 0.4) is 0 Å². The Morgan fingerprint density at radius 2 is 1.23 bits per heavy atom. The Morgan fingerprint density at radius 3 is 1.81 bits per heavy atom. The van der Waals surface area contributed by atoms with Crippen molar-refractivity contribution in [2.24, 2.45) is 4.99 Å². The normalized spacial score (nSPS) is 12.6. The summed E-state index contributed by atoms with van der Waals surface area (Å²) < 4.78 is 116. The first-order chi connectivity index (χ1) is 28.6. The van der Waals surface area contributed by atoms with Crippen LogP contribution < -0.4 is 21.3 Å². The third kappa shape index (κ3) is 8.59. The summed E-state index contributed by atoms with van der Waals surface area (Å²) in [5, 5.41) is 8.48. The lowest BCUT2D eigenvalue weighted by atomic mass is 9.92. The minimum atomic E-state index is -5.18. The molecule has 1 aliphatic carbocycles. The van der Waals surface area contributed by atoms with Gasteiger partial charge in [0.05, 0.1) is 16.7 Å². The van der Waals surface area contributed by atoms with Crippen molar-refractivity contribution < 1.29 is 52.9 Å².